The molecule has 15 aromatic rings. The number of fused-ring (bicyclic) bond motifs is 6. The van der Waals surface area contributed by atoms with Crippen molar-refractivity contribution < 1.29 is 37.0 Å². The number of nitrogens with one attached hydrogen (secondary N) is 6. The molecule has 2 aliphatic rings. The molecule has 105 heavy (non-hydrogen) atoms. The summed E-state index contributed by atoms with van der Waals surface area (Å²) in [5.41, 5.74) is 22.4. The average Bonchev–Trinajstić information content (AvgIpc) is 1.29. The molecular weight excluding hydrogens is 1410 g/mol. The highest BCUT2D eigenvalue weighted by atomic mass is 35.5. The van der Waals surface area contributed by atoms with Crippen LogP contribution in [-0.2, 0) is 29.1 Å². The minimum atomic E-state index is -0.572. The maximum Gasteiger partial charge on any atom is 0.252 e. The maximum absolute atomic E-state index is 13.6. The summed E-state index contributed by atoms with van der Waals surface area (Å²) in [5, 5.41) is 8.89. The summed E-state index contributed by atoms with van der Waals surface area (Å²) in [6.45, 7) is 7.77. The van der Waals surface area contributed by atoms with Crippen molar-refractivity contribution in [2.45, 2.75) is 19.6 Å². The van der Waals surface area contributed by atoms with Crippen LogP contribution in [0.15, 0.2) is 201 Å². The number of nitrogens with zero attached hydrogens (tertiary/aromatic N) is 10. The molecule has 28 heteroatoms. The Labute approximate surface area is 612 Å². The zero-order valence-corrected chi connectivity index (χ0v) is 58.0. The Morgan fingerprint density at radius 3 is 1.21 bits per heavy atom. The van der Waals surface area contributed by atoms with E-state index in [1.807, 2.05) is 60.7 Å². The first-order chi connectivity index (χ1) is 51.1. The van der Waals surface area contributed by atoms with E-state index in [1.54, 1.807) is 104 Å². The van der Waals surface area contributed by atoms with Crippen LogP contribution < -0.4 is 26.6 Å². The average molecular weight is 1470 g/mol. The van der Waals surface area contributed by atoms with Crippen LogP contribution in [0, 0.1) is 17.5 Å². The quantitative estimate of drug-likeness (QED) is 0.0559. The van der Waals surface area contributed by atoms with Crippen molar-refractivity contribution in [3.8, 4) is 33.8 Å². The molecule has 2 saturated heterocycles. The maximum atomic E-state index is 13.6. The number of aromatic amines is 3. The van der Waals surface area contributed by atoms with Gasteiger partial charge in [-0.25, -0.2) is 58.0 Å². The van der Waals surface area contributed by atoms with Gasteiger partial charge in [-0.1, -0.05) is 41.4 Å². The van der Waals surface area contributed by atoms with Crippen LogP contribution in [0.3, 0.4) is 0 Å². The predicted molar refractivity (Wildman–Crippen MR) is 400 cm³/mol. The van der Waals surface area contributed by atoms with E-state index < -0.39 is 5.24 Å². The topological polar surface area (TPSA) is 298 Å². The second-order valence-corrected chi connectivity index (χ2v) is 24.9. The molecule has 528 valence electrons. The lowest BCUT2D eigenvalue weighted by Crippen LogP contribution is -2.37. The number of amides is 2. The number of hydrogen-bond donors (Lipinski definition) is 7. The van der Waals surface area contributed by atoms with E-state index in [1.165, 1.54) is 36.4 Å². The Bertz CT molecular complexity index is 5600. The molecule has 0 bridgehead atoms. The molecule has 0 saturated carbocycles. The molecule has 0 atom stereocenters. The molecule has 8 N–H and O–H groups in total. The number of benzene rings is 9. The summed E-state index contributed by atoms with van der Waals surface area (Å²) in [6.07, 6.45) is 4.97. The first-order valence-electron chi connectivity index (χ1n) is 33.0. The summed E-state index contributed by atoms with van der Waals surface area (Å²) < 4.78 is 50.3. The van der Waals surface area contributed by atoms with Crippen molar-refractivity contribution in [2.75, 3.05) is 57.5 Å². The van der Waals surface area contributed by atoms with E-state index in [0.717, 1.165) is 87.5 Å². The van der Waals surface area contributed by atoms with Gasteiger partial charge in [-0.3, -0.25) is 14.4 Å². The van der Waals surface area contributed by atoms with Crippen molar-refractivity contribution in [3.63, 3.8) is 0 Å². The lowest BCUT2D eigenvalue weighted by atomic mass is 10.1. The highest BCUT2D eigenvalue weighted by molar-refractivity contribution is 6.67. The Kier molecular flexibility index (Phi) is 23.0. The number of carbonyl (C=O) groups is 3. The van der Waals surface area contributed by atoms with E-state index >= 15 is 0 Å². The minimum absolute atomic E-state index is 0.205. The molecule has 2 amide bonds. The monoisotopic (exact) mass is 1470 g/mol. The van der Waals surface area contributed by atoms with Gasteiger partial charge in [-0.2, -0.15) is 0 Å². The lowest BCUT2D eigenvalue weighted by Gasteiger charge is -2.29. The van der Waals surface area contributed by atoms with Crippen LogP contribution in [0.25, 0.3) is 100.0 Å². The van der Waals surface area contributed by atoms with Gasteiger partial charge in [0, 0.05) is 79.2 Å². The molecule has 22 nitrogen and oxygen atoms in total. The van der Waals surface area contributed by atoms with E-state index in [0.29, 0.717) is 124 Å². The fourth-order valence-corrected chi connectivity index (χ4v) is 11.9. The van der Waals surface area contributed by atoms with Gasteiger partial charge in [0.15, 0.2) is 16.1 Å². The molecule has 2 fully saturated rings. The van der Waals surface area contributed by atoms with Gasteiger partial charge in [0.2, 0.25) is 0 Å². The number of carbonyl (C=O) groups excluding carboxylic acids is 3. The van der Waals surface area contributed by atoms with Gasteiger partial charge in [0.05, 0.1) is 112 Å². The van der Waals surface area contributed by atoms with Gasteiger partial charge in [0.25, 0.3) is 17.1 Å². The molecule has 0 unspecified atom stereocenters. The Morgan fingerprint density at radius 1 is 0.429 bits per heavy atom. The van der Waals surface area contributed by atoms with Crippen molar-refractivity contribution >= 4 is 124 Å². The molecule has 6 aromatic heterocycles. The second-order valence-electron chi connectivity index (χ2n) is 23.8. The molecule has 17 rings (SSSR count). The Morgan fingerprint density at radius 2 is 0.800 bits per heavy atom. The third-order valence-electron chi connectivity index (χ3n) is 16.7. The number of morpholine rings is 2. The number of nitrogens with two attached hydrogens (primary N) is 1. The molecule has 0 spiro atoms. The van der Waals surface area contributed by atoms with Crippen LogP contribution in [0.5, 0.6) is 0 Å². The zero-order valence-electron chi connectivity index (χ0n) is 55.7. The fourth-order valence-electron chi connectivity index (χ4n) is 11.3. The van der Waals surface area contributed by atoms with Crippen LogP contribution >= 0.6 is 34.8 Å². The third kappa shape index (κ3) is 18.0. The number of H-pyrrole nitrogens is 3. The Balaban J connectivity index is 0.000000128. The SMILES string of the molecule is C1COCCN1.NCc1ccc2nc[nH]c2c1.O=C(Cl)c1ccc2nc(Cl)c(-c3ccc(F)cc3)nc2c1.O=C(NCc1ccc2nc[nH]c2c1)c1ccc2nc(Cl)c(-c3ccc(F)cc3)nc2c1.O=C(NCc1ccc2nc[nH]c2c1)c1ccc2nc(N3CCOCC3)c(-c3ccc(F)cc3)nc2c1. The number of anilines is 1. The van der Waals surface area contributed by atoms with Crippen molar-refractivity contribution in [2.24, 2.45) is 5.73 Å². The molecular formula is C77H63Cl3F3N17O5. The van der Waals surface area contributed by atoms with Crippen LogP contribution in [-0.4, -0.2) is 129 Å². The Hall–Kier alpha value is -11.7. The van der Waals surface area contributed by atoms with Gasteiger partial charge in [-0.15, -0.1) is 0 Å². The van der Waals surface area contributed by atoms with Crippen LogP contribution in [0.4, 0.5) is 19.0 Å². The van der Waals surface area contributed by atoms with Crippen molar-refractivity contribution in [3.05, 3.63) is 262 Å². The molecule has 0 radical (unpaired) electrons. The van der Waals surface area contributed by atoms with Gasteiger partial charge in [0.1, 0.15) is 34.5 Å². The second kappa shape index (κ2) is 33.6. The summed E-state index contributed by atoms with van der Waals surface area (Å²) >= 11 is 17.9. The van der Waals surface area contributed by atoms with Crippen molar-refractivity contribution in [1.29, 1.82) is 0 Å². The van der Waals surface area contributed by atoms with Crippen LogP contribution in [0.2, 0.25) is 10.3 Å². The summed E-state index contributed by atoms with van der Waals surface area (Å²) in [4.78, 5) is 87.9. The van der Waals surface area contributed by atoms with Gasteiger partial charge < -0.3 is 51.0 Å². The summed E-state index contributed by atoms with van der Waals surface area (Å²) in [5.74, 6) is -0.719. The molecule has 2 aliphatic heterocycles. The number of rotatable bonds is 12. The lowest BCUT2D eigenvalue weighted by molar-refractivity contribution is 0.0943. The summed E-state index contributed by atoms with van der Waals surface area (Å²) in [7, 11) is 0. The predicted octanol–water partition coefficient (Wildman–Crippen LogP) is 14.1. The first kappa shape index (κ1) is 71.7. The highest BCUT2D eigenvalue weighted by Gasteiger charge is 2.22. The van der Waals surface area contributed by atoms with Gasteiger partial charge >= 0.3 is 0 Å². The van der Waals surface area contributed by atoms with E-state index in [2.05, 4.69) is 70.7 Å². The minimum Gasteiger partial charge on any atom is -0.379 e. The molecule has 9 aromatic carbocycles. The fraction of sp³-hybridized carbons (Fsp3) is 0.143. The largest absolute Gasteiger partial charge is 0.379 e. The highest BCUT2D eigenvalue weighted by Crippen LogP contribution is 2.33. The third-order valence-corrected chi connectivity index (χ3v) is 17.5. The number of aromatic nitrogens is 12. The molecule has 8 heterocycles. The number of ether oxygens (including phenoxy) is 2. The smallest absolute Gasteiger partial charge is 0.252 e. The van der Waals surface area contributed by atoms with E-state index in [-0.39, 0.29) is 39.6 Å². The van der Waals surface area contributed by atoms with Crippen LogP contribution in [0.1, 0.15) is 47.8 Å². The van der Waals surface area contributed by atoms with E-state index in [9.17, 15) is 27.6 Å². The van der Waals surface area contributed by atoms with E-state index in [4.69, 9.17) is 60.0 Å². The normalized spacial score (nSPS) is 12.7. The number of halogens is 6. The standard InChI is InChI=1S/C27H23FN6O2.C23H15ClFN5O.C15H7Cl2FN2O.C8H9N3.C4H9NO/c28-20-5-2-18(3-6-20)25-26(34-9-11-36-12-10-34)33-22-8-4-19(14-24(22)32-25)27(35)29-15-17-1-7-21-23(13-17)31-16-30-21;24-22-21(14-2-5-16(25)6-3-14)29-20-10-15(4-8-18(20)30-22)23(31)26-11-13-1-7-17-19(9-13)28-12-27-17;16-14-13(8-1-4-10(18)5-2-8)19-12-7-9(15(17)21)3-6-11(12)20-14;9-4-6-1-2-7-8(3-6)11-5-10-7;1-3-6-4-2-5-1/h1-8,13-14,16H,9-12,15H2,(H,29,35)(H,30,31);1-10,12H,11H2,(H,26,31)(H,27,28);1-7H;1-3,5H,4,9H2,(H,10,11);5H,1-4H2. The number of hydrogen-bond acceptors (Lipinski definition) is 17. The number of imidazole rings is 3. The zero-order chi connectivity index (χ0) is 72.8. The van der Waals surface area contributed by atoms with Crippen molar-refractivity contribution in [1.82, 2.24) is 75.8 Å². The molecule has 0 aliphatic carbocycles. The van der Waals surface area contributed by atoms with Gasteiger partial charge in [-0.05, 0) is 192 Å². The summed E-state index contributed by atoms with van der Waals surface area (Å²) in [6, 6.07) is 50.5. The first-order valence-corrected chi connectivity index (χ1v) is 34.2.